The molecule has 0 unspecified atom stereocenters. The van der Waals surface area contributed by atoms with Crippen LogP contribution in [-0.4, -0.2) is 11.0 Å². The van der Waals surface area contributed by atoms with E-state index in [2.05, 4.69) is 22.2 Å². The number of para-hydroxylation sites is 1. The summed E-state index contributed by atoms with van der Waals surface area (Å²) < 4.78 is 0. The molecule has 0 spiro atoms. The zero-order chi connectivity index (χ0) is 12.6. The fourth-order valence-electron chi connectivity index (χ4n) is 1.70. The molecular formula is C15H15N3. The third kappa shape index (κ3) is 3.58. The molecule has 1 N–H and O–H groups in total. The molecule has 0 radical (unpaired) electrons. The Morgan fingerprint density at radius 1 is 0.944 bits per heavy atom. The number of benzene rings is 2. The fraction of sp³-hybridized carbons (Fsp3) is 0.133. The van der Waals surface area contributed by atoms with Crippen molar-refractivity contribution in [3.8, 4) is 0 Å². The molecule has 0 saturated heterocycles. The van der Waals surface area contributed by atoms with Crippen molar-refractivity contribution in [2.24, 2.45) is 0 Å². The summed E-state index contributed by atoms with van der Waals surface area (Å²) in [5.41, 5.74) is 11.8. The Balaban J connectivity index is 1.92. The zero-order valence-electron chi connectivity index (χ0n) is 10.1. The third-order valence-corrected chi connectivity index (χ3v) is 2.70. The van der Waals surface area contributed by atoms with E-state index in [0.29, 0.717) is 6.42 Å². The molecule has 2 aromatic rings. The van der Waals surface area contributed by atoms with E-state index in [0.717, 1.165) is 17.8 Å². The molecule has 2 aromatic carbocycles. The van der Waals surface area contributed by atoms with Gasteiger partial charge in [0.15, 0.2) is 0 Å². The average molecular weight is 237 g/mol. The van der Waals surface area contributed by atoms with E-state index in [9.17, 15) is 0 Å². The maximum Gasteiger partial charge on any atom is 0.261 e. The van der Waals surface area contributed by atoms with Gasteiger partial charge < -0.3 is 10.8 Å². The van der Waals surface area contributed by atoms with Crippen molar-refractivity contribution in [1.29, 1.82) is 0 Å². The topological polar surface area (TPSA) is 48.4 Å². The van der Waals surface area contributed by atoms with Crippen molar-refractivity contribution < 1.29 is 4.79 Å². The highest BCUT2D eigenvalue weighted by atomic mass is 14.9. The van der Waals surface area contributed by atoms with Crippen molar-refractivity contribution in [2.75, 3.05) is 5.32 Å². The van der Waals surface area contributed by atoms with Crippen LogP contribution >= 0.6 is 0 Å². The highest BCUT2D eigenvalue weighted by molar-refractivity contribution is 5.55. The van der Waals surface area contributed by atoms with Gasteiger partial charge in [0.2, 0.25) is 0 Å². The first-order valence-electron chi connectivity index (χ1n) is 5.91. The van der Waals surface area contributed by atoms with Crippen LogP contribution in [-0.2, 0) is 13.0 Å². The van der Waals surface area contributed by atoms with E-state index < -0.39 is 0 Å². The molecule has 0 atom stereocenters. The Bertz CT molecular complexity index is 525. The van der Waals surface area contributed by atoms with E-state index in [1.165, 1.54) is 11.8 Å². The van der Waals surface area contributed by atoms with Crippen LogP contribution in [0.4, 0.5) is 5.69 Å². The van der Waals surface area contributed by atoms with E-state index in [-0.39, 0.29) is 0 Å². The monoisotopic (exact) mass is 237 g/mol. The number of nitrogens with zero attached hydrogens (tertiary/aromatic N) is 2. The lowest BCUT2D eigenvalue weighted by molar-refractivity contribution is 0.00157. The van der Waals surface area contributed by atoms with Crippen molar-refractivity contribution in [1.82, 2.24) is 0 Å². The molecule has 0 saturated carbocycles. The molecule has 0 aromatic heterocycles. The van der Waals surface area contributed by atoms with Crippen molar-refractivity contribution in [3.05, 3.63) is 71.3 Å². The summed E-state index contributed by atoms with van der Waals surface area (Å²) in [6, 6.07) is 18.4. The summed E-state index contributed by atoms with van der Waals surface area (Å²) in [6.45, 7) is 0.804. The highest BCUT2D eigenvalue weighted by Crippen LogP contribution is 2.09. The van der Waals surface area contributed by atoms with Crippen molar-refractivity contribution >= 4 is 11.9 Å². The third-order valence-electron chi connectivity index (χ3n) is 2.70. The molecule has 0 aliphatic heterocycles. The molecule has 18 heavy (non-hydrogen) atoms. The molecule has 3 nitrogen and oxygen atoms in total. The van der Waals surface area contributed by atoms with Gasteiger partial charge in [0.1, 0.15) is 0 Å². The molecule has 0 heterocycles. The van der Waals surface area contributed by atoms with Crippen molar-refractivity contribution in [3.63, 3.8) is 0 Å². The lowest BCUT2D eigenvalue weighted by atomic mass is 10.1. The first-order chi connectivity index (χ1) is 8.88. The maximum absolute atomic E-state index is 8.35. The van der Waals surface area contributed by atoms with Crippen LogP contribution in [0.25, 0.3) is 5.53 Å². The van der Waals surface area contributed by atoms with Gasteiger partial charge in [-0.15, -0.1) is 0 Å². The Morgan fingerprint density at radius 3 is 2.28 bits per heavy atom. The highest BCUT2D eigenvalue weighted by Gasteiger charge is 1.96. The van der Waals surface area contributed by atoms with Crippen LogP contribution in [0.1, 0.15) is 11.1 Å². The second-order valence-corrected chi connectivity index (χ2v) is 4.04. The quantitative estimate of drug-likeness (QED) is 0.484. The first kappa shape index (κ1) is 12.1. The molecular weight excluding hydrogens is 222 g/mol. The van der Waals surface area contributed by atoms with E-state index >= 15 is 0 Å². The minimum absolute atomic E-state index is 0.656. The number of anilines is 1. The largest absolute Gasteiger partial charge is 0.381 e. The normalized spacial score (nSPS) is 9.56. The average Bonchev–Trinajstić information content (AvgIpc) is 2.45. The summed E-state index contributed by atoms with van der Waals surface area (Å²) in [4.78, 5) is 2.99. The summed E-state index contributed by atoms with van der Waals surface area (Å²) in [5.74, 6) is 0. The lowest BCUT2D eigenvalue weighted by Gasteiger charge is -2.06. The van der Waals surface area contributed by atoms with Crippen LogP contribution in [0.5, 0.6) is 0 Å². The first-order valence-corrected chi connectivity index (χ1v) is 5.91. The predicted molar refractivity (Wildman–Crippen MR) is 73.6 cm³/mol. The van der Waals surface area contributed by atoms with Gasteiger partial charge in [-0.1, -0.05) is 42.5 Å². The van der Waals surface area contributed by atoms with Gasteiger partial charge in [0, 0.05) is 12.2 Å². The Kier molecular flexibility index (Phi) is 4.28. The Labute approximate surface area is 107 Å². The molecule has 0 amide bonds. The van der Waals surface area contributed by atoms with Crippen LogP contribution in [0, 0.1) is 0 Å². The van der Waals surface area contributed by atoms with Crippen LogP contribution in [0.2, 0.25) is 0 Å². The van der Waals surface area contributed by atoms with Gasteiger partial charge in [0.05, 0.1) is 6.42 Å². The summed E-state index contributed by atoms with van der Waals surface area (Å²) in [5, 5.41) is 3.36. The number of rotatable bonds is 5. The molecule has 0 aliphatic rings. The van der Waals surface area contributed by atoms with Gasteiger partial charge in [-0.3, -0.25) is 0 Å². The lowest BCUT2D eigenvalue weighted by Crippen LogP contribution is -1.99. The van der Waals surface area contributed by atoms with Gasteiger partial charge >= 0.3 is 0 Å². The number of nitrogens with one attached hydrogen (secondary N) is 1. The predicted octanol–water partition coefficient (Wildman–Crippen LogP) is 3.14. The fourth-order valence-corrected chi connectivity index (χ4v) is 1.70. The standard InChI is InChI=1S/C15H15N3/c16-18-11-10-13-6-8-14(9-7-13)12-17-15-4-2-1-3-5-15/h1-9,11,17H,10,12H2. The molecule has 0 bridgehead atoms. The van der Waals surface area contributed by atoms with Gasteiger partial charge in [-0.05, 0) is 23.3 Å². The van der Waals surface area contributed by atoms with E-state index in [4.69, 9.17) is 5.53 Å². The van der Waals surface area contributed by atoms with E-state index in [1.807, 2.05) is 42.5 Å². The smallest absolute Gasteiger partial charge is 0.261 e. The minimum atomic E-state index is 0.656. The molecule has 2 rings (SSSR count). The van der Waals surface area contributed by atoms with Gasteiger partial charge in [-0.25, -0.2) is 0 Å². The Hall–Kier alpha value is -2.38. The van der Waals surface area contributed by atoms with Crippen LogP contribution < -0.4 is 5.32 Å². The number of hydrogen-bond acceptors (Lipinski definition) is 1. The second kappa shape index (κ2) is 6.38. The molecule has 0 aliphatic carbocycles. The second-order valence-electron chi connectivity index (χ2n) is 4.04. The van der Waals surface area contributed by atoms with Crippen LogP contribution in [0.3, 0.4) is 0 Å². The van der Waals surface area contributed by atoms with Crippen molar-refractivity contribution in [2.45, 2.75) is 13.0 Å². The maximum atomic E-state index is 8.35. The SMILES string of the molecule is [N-]=[N+]=CCc1ccc(CNc2ccccc2)cc1. The number of hydrogen-bond donors (Lipinski definition) is 1. The summed E-state index contributed by atoms with van der Waals surface area (Å²) in [7, 11) is 0. The van der Waals surface area contributed by atoms with Gasteiger partial charge in [-0.2, -0.15) is 4.79 Å². The summed E-state index contributed by atoms with van der Waals surface area (Å²) in [6.07, 6.45) is 2.14. The molecule has 3 heteroatoms. The minimum Gasteiger partial charge on any atom is -0.381 e. The van der Waals surface area contributed by atoms with E-state index in [1.54, 1.807) is 0 Å². The zero-order valence-corrected chi connectivity index (χ0v) is 10.1. The van der Waals surface area contributed by atoms with Gasteiger partial charge in [0.25, 0.3) is 6.21 Å². The Morgan fingerprint density at radius 2 is 1.61 bits per heavy atom. The molecule has 0 fully saturated rings. The summed E-state index contributed by atoms with van der Waals surface area (Å²) >= 11 is 0. The molecule has 90 valence electrons. The van der Waals surface area contributed by atoms with Crippen LogP contribution in [0.15, 0.2) is 54.6 Å².